The smallest absolute Gasteiger partial charge is 0.291 e. The van der Waals surface area contributed by atoms with Crippen LogP contribution in [0.25, 0.3) is 11.0 Å². The highest BCUT2D eigenvalue weighted by Crippen LogP contribution is 2.27. The maximum atomic E-state index is 12.7. The van der Waals surface area contributed by atoms with Gasteiger partial charge >= 0.3 is 0 Å². The Labute approximate surface area is 135 Å². The molecule has 0 bridgehead atoms. The molecule has 23 heavy (non-hydrogen) atoms. The fourth-order valence-electron chi connectivity index (χ4n) is 2.62. The zero-order valence-electron chi connectivity index (χ0n) is 13.5. The molecule has 1 aromatic heterocycles. The number of nitrogens with one attached hydrogen (secondary N) is 1. The molecule has 0 atom stereocenters. The number of para-hydroxylation sites is 1. The van der Waals surface area contributed by atoms with Gasteiger partial charge in [-0.2, -0.15) is 0 Å². The van der Waals surface area contributed by atoms with Crippen LogP contribution in [-0.2, 0) is 11.3 Å². The van der Waals surface area contributed by atoms with Crippen LogP contribution in [0.1, 0.15) is 27.2 Å². The SMILES string of the molecule is COCc1c(C(=O)Nc2cc(C)ccc2C)oc2ccccc12. The Morgan fingerprint density at radius 2 is 1.96 bits per heavy atom. The summed E-state index contributed by atoms with van der Waals surface area (Å²) in [6, 6.07) is 13.5. The molecular formula is C19H19NO3. The van der Waals surface area contributed by atoms with Crippen molar-refractivity contribution in [3.05, 3.63) is 64.9 Å². The third-order valence-electron chi connectivity index (χ3n) is 3.83. The van der Waals surface area contributed by atoms with Crippen LogP contribution in [0.4, 0.5) is 5.69 Å². The van der Waals surface area contributed by atoms with Crippen LogP contribution >= 0.6 is 0 Å². The summed E-state index contributed by atoms with van der Waals surface area (Å²) in [5.74, 6) is 0.0379. The van der Waals surface area contributed by atoms with E-state index in [1.54, 1.807) is 7.11 Å². The van der Waals surface area contributed by atoms with Crippen molar-refractivity contribution >= 4 is 22.6 Å². The van der Waals surface area contributed by atoms with E-state index in [0.717, 1.165) is 27.8 Å². The molecular weight excluding hydrogens is 290 g/mol. The molecule has 0 radical (unpaired) electrons. The van der Waals surface area contributed by atoms with E-state index in [0.29, 0.717) is 18.0 Å². The zero-order chi connectivity index (χ0) is 16.4. The maximum absolute atomic E-state index is 12.7. The van der Waals surface area contributed by atoms with Gasteiger partial charge in [0.15, 0.2) is 5.76 Å². The third-order valence-corrected chi connectivity index (χ3v) is 3.83. The quantitative estimate of drug-likeness (QED) is 0.774. The number of hydrogen-bond acceptors (Lipinski definition) is 3. The molecule has 0 saturated heterocycles. The van der Waals surface area contributed by atoms with Gasteiger partial charge in [-0.15, -0.1) is 0 Å². The number of fused-ring (bicyclic) bond motifs is 1. The molecule has 1 heterocycles. The van der Waals surface area contributed by atoms with Gasteiger partial charge in [0, 0.05) is 23.7 Å². The van der Waals surface area contributed by atoms with Gasteiger partial charge < -0.3 is 14.5 Å². The maximum Gasteiger partial charge on any atom is 0.291 e. The normalized spacial score (nSPS) is 10.9. The lowest BCUT2D eigenvalue weighted by Gasteiger charge is -2.09. The summed E-state index contributed by atoms with van der Waals surface area (Å²) in [5, 5.41) is 3.84. The van der Waals surface area contributed by atoms with Crippen molar-refractivity contribution in [2.75, 3.05) is 12.4 Å². The van der Waals surface area contributed by atoms with Crippen molar-refractivity contribution in [2.24, 2.45) is 0 Å². The average Bonchev–Trinajstić information content (AvgIpc) is 2.90. The van der Waals surface area contributed by atoms with Crippen molar-refractivity contribution in [1.82, 2.24) is 0 Å². The molecule has 118 valence electrons. The summed E-state index contributed by atoms with van der Waals surface area (Å²) in [5.41, 5.74) is 4.34. The molecule has 0 aliphatic carbocycles. The van der Waals surface area contributed by atoms with E-state index in [2.05, 4.69) is 5.32 Å². The Kier molecular flexibility index (Phi) is 4.17. The van der Waals surface area contributed by atoms with E-state index in [1.165, 1.54) is 0 Å². The number of hydrogen-bond donors (Lipinski definition) is 1. The Morgan fingerprint density at radius 1 is 1.17 bits per heavy atom. The van der Waals surface area contributed by atoms with E-state index in [-0.39, 0.29) is 5.91 Å². The minimum atomic E-state index is -0.262. The van der Waals surface area contributed by atoms with Crippen molar-refractivity contribution in [3.8, 4) is 0 Å². The first-order valence-corrected chi connectivity index (χ1v) is 7.48. The molecule has 0 unspecified atom stereocenters. The Balaban J connectivity index is 2.00. The molecule has 3 aromatic rings. The van der Waals surface area contributed by atoms with E-state index < -0.39 is 0 Å². The number of carbonyl (C=O) groups is 1. The highest BCUT2D eigenvalue weighted by molar-refractivity contribution is 6.06. The number of anilines is 1. The second-order valence-electron chi connectivity index (χ2n) is 5.61. The summed E-state index contributed by atoms with van der Waals surface area (Å²) in [6.45, 7) is 4.28. The second kappa shape index (κ2) is 6.26. The van der Waals surface area contributed by atoms with Gasteiger partial charge in [-0.25, -0.2) is 0 Å². The molecule has 4 heteroatoms. The van der Waals surface area contributed by atoms with E-state index in [9.17, 15) is 4.79 Å². The first-order valence-electron chi connectivity index (χ1n) is 7.48. The van der Waals surface area contributed by atoms with Gasteiger partial charge in [0.05, 0.1) is 6.61 Å². The lowest BCUT2D eigenvalue weighted by molar-refractivity contribution is 0.0992. The monoisotopic (exact) mass is 309 g/mol. The minimum absolute atomic E-state index is 0.262. The predicted molar refractivity (Wildman–Crippen MR) is 90.8 cm³/mol. The molecule has 4 nitrogen and oxygen atoms in total. The molecule has 0 aliphatic rings. The molecule has 0 spiro atoms. The van der Waals surface area contributed by atoms with E-state index in [4.69, 9.17) is 9.15 Å². The first-order chi connectivity index (χ1) is 11.1. The lowest BCUT2D eigenvalue weighted by atomic mass is 10.1. The summed E-state index contributed by atoms with van der Waals surface area (Å²) in [7, 11) is 1.61. The molecule has 0 aliphatic heterocycles. The highest BCUT2D eigenvalue weighted by atomic mass is 16.5. The van der Waals surface area contributed by atoms with E-state index >= 15 is 0 Å². The molecule has 1 N–H and O–H groups in total. The largest absolute Gasteiger partial charge is 0.451 e. The van der Waals surface area contributed by atoms with Crippen molar-refractivity contribution in [3.63, 3.8) is 0 Å². The Morgan fingerprint density at radius 3 is 2.74 bits per heavy atom. The molecule has 0 fully saturated rings. The summed E-state index contributed by atoms with van der Waals surface area (Å²) in [6.07, 6.45) is 0. The van der Waals surface area contributed by atoms with Gasteiger partial charge in [-0.3, -0.25) is 4.79 Å². The Bertz CT molecular complexity index is 864. The van der Waals surface area contributed by atoms with Crippen molar-refractivity contribution < 1.29 is 13.9 Å². The van der Waals surface area contributed by atoms with Crippen LogP contribution < -0.4 is 5.32 Å². The molecule has 2 aromatic carbocycles. The van der Waals surface area contributed by atoms with Gasteiger partial charge in [-0.05, 0) is 37.1 Å². The van der Waals surface area contributed by atoms with Gasteiger partial charge in [0.2, 0.25) is 0 Å². The van der Waals surface area contributed by atoms with Crippen LogP contribution in [0.5, 0.6) is 0 Å². The number of amides is 1. The molecule has 1 amide bonds. The molecule has 0 saturated carbocycles. The highest BCUT2D eigenvalue weighted by Gasteiger charge is 2.20. The van der Waals surface area contributed by atoms with Crippen LogP contribution in [0.3, 0.4) is 0 Å². The Hall–Kier alpha value is -2.59. The number of carbonyl (C=O) groups excluding carboxylic acids is 1. The van der Waals surface area contributed by atoms with Gasteiger partial charge in [0.25, 0.3) is 5.91 Å². The summed E-state index contributed by atoms with van der Waals surface area (Å²) < 4.78 is 11.0. The second-order valence-corrected chi connectivity index (χ2v) is 5.61. The first kappa shape index (κ1) is 15.3. The van der Waals surface area contributed by atoms with Crippen molar-refractivity contribution in [2.45, 2.75) is 20.5 Å². The lowest BCUT2D eigenvalue weighted by Crippen LogP contribution is -2.14. The number of ether oxygens (including phenoxy) is 1. The van der Waals surface area contributed by atoms with Crippen molar-refractivity contribution in [1.29, 1.82) is 0 Å². The summed E-state index contributed by atoms with van der Waals surface area (Å²) in [4.78, 5) is 12.7. The number of aryl methyl sites for hydroxylation is 2. The predicted octanol–water partition coefficient (Wildman–Crippen LogP) is 4.45. The summed E-state index contributed by atoms with van der Waals surface area (Å²) >= 11 is 0. The number of methoxy groups -OCH3 is 1. The average molecular weight is 309 g/mol. The minimum Gasteiger partial charge on any atom is -0.451 e. The standard InChI is InChI=1S/C19H19NO3/c1-12-8-9-13(2)16(10-12)20-19(21)18-15(11-22-3)14-6-4-5-7-17(14)23-18/h4-10H,11H2,1-3H3,(H,20,21). The van der Waals surface area contributed by atoms with E-state index in [1.807, 2.05) is 56.3 Å². The van der Waals surface area contributed by atoms with Crippen LogP contribution in [0.15, 0.2) is 46.9 Å². The number of rotatable bonds is 4. The van der Waals surface area contributed by atoms with Crippen LogP contribution in [0.2, 0.25) is 0 Å². The number of benzene rings is 2. The topological polar surface area (TPSA) is 51.5 Å². The zero-order valence-corrected chi connectivity index (χ0v) is 13.5. The fourth-order valence-corrected chi connectivity index (χ4v) is 2.62. The molecule has 3 rings (SSSR count). The van der Waals surface area contributed by atoms with Crippen LogP contribution in [-0.4, -0.2) is 13.0 Å². The third kappa shape index (κ3) is 2.98. The number of furan rings is 1. The van der Waals surface area contributed by atoms with Gasteiger partial charge in [0.1, 0.15) is 5.58 Å². The fraction of sp³-hybridized carbons (Fsp3) is 0.211. The van der Waals surface area contributed by atoms with Gasteiger partial charge in [-0.1, -0.05) is 30.3 Å². The van der Waals surface area contributed by atoms with Crippen LogP contribution in [0, 0.1) is 13.8 Å².